The van der Waals surface area contributed by atoms with Gasteiger partial charge in [-0.05, 0) is 50.3 Å². The zero-order chi connectivity index (χ0) is 27.5. The number of aromatic nitrogens is 4. The quantitative estimate of drug-likeness (QED) is 0.0790. The van der Waals surface area contributed by atoms with Gasteiger partial charge in [-0.3, -0.25) is 19.7 Å². The maximum absolute atomic E-state index is 12.9. The lowest BCUT2D eigenvalue weighted by atomic mass is 10.1. The first kappa shape index (κ1) is 26.6. The molecule has 2 N–H and O–H groups in total. The van der Waals surface area contributed by atoms with Crippen molar-refractivity contribution in [1.29, 1.82) is 0 Å². The summed E-state index contributed by atoms with van der Waals surface area (Å²) in [4.78, 5) is 57.0. The van der Waals surface area contributed by atoms with Gasteiger partial charge in [0.25, 0.3) is 11.2 Å². The topological polar surface area (TPSA) is 162 Å². The van der Waals surface area contributed by atoms with Gasteiger partial charge in [-0.1, -0.05) is 18.2 Å². The third-order valence-electron chi connectivity index (χ3n) is 6.22. The highest BCUT2D eigenvalue weighted by atomic mass is 32.2. The van der Waals surface area contributed by atoms with Crippen LogP contribution in [0.2, 0.25) is 0 Å². The highest BCUT2D eigenvalue weighted by molar-refractivity contribution is 7.99. The number of benzene rings is 1. The SMILES string of the molecule is CCOC(=O)c1c(NC(=O)CSc2nc3c(cnn3-c3ccc([N+](=O)[O-])cc3)c(=O)[nH]2)sc2c1CCCCC2. The second-order valence-corrected chi connectivity index (χ2v) is 10.8. The number of ether oxygens (including phenoxy) is 1. The lowest BCUT2D eigenvalue weighted by Gasteiger charge is -2.08. The monoisotopic (exact) mass is 568 g/mol. The predicted molar refractivity (Wildman–Crippen MR) is 147 cm³/mol. The third-order valence-corrected chi connectivity index (χ3v) is 8.30. The first-order chi connectivity index (χ1) is 18.9. The number of anilines is 1. The van der Waals surface area contributed by atoms with Crippen LogP contribution in [-0.2, 0) is 22.4 Å². The van der Waals surface area contributed by atoms with E-state index < -0.39 is 16.5 Å². The van der Waals surface area contributed by atoms with Gasteiger partial charge in [0.05, 0.1) is 34.7 Å². The van der Waals surface area contributed by atoms with Crippen LogP contribution in [-0.4, -0.2) is 48.9 Å². The molecule has 0 unspecified atom stereocenters. The van der Waals surface area contributed by atoms with Crippen molar-refractivity contribution < 1.29 is 19.2 Å². The summed E-state index contributed by atoms with van der Waals surface area (Å²) in [6, 6.07) is 5.70. The number of hydrogen-bond donors (Lipinski definition) is 2. The number of aromatic amines is 1. The zero-order valence-corrected chi connectivity index (χ0v) is 22.5. The van der Waals surface area contributed by atoms with Gasteiger partial charge < -0.3 is 15.0 Å². The zero-order valence-electron chi connectivity index (χ0n) is 20.9. The number of thiophene rings is 1. The molecule has 5 rings (SSSR count). The van der Waals surface area contributed by atoms with E-state index in [2.05, 4.69) is 20.4 Å². The molecule has 1 aliphatic rings. The first-order valence-electron chi connectivity index (χ1n) is 12.3. The molecule has 39 heavy (non-hydrogen) atoms. The summed E-state index contributed by atoms with van der Waals surface area (Å²) in [7, 11) is 0. The summed E-state index contributed by atoms with van der Waals surface area (Å²) in [6.45, 7) is 1.99. The van der Waals surface area contributed by atoms with E-state index in [1.807, 2.05) is 0 Å². The maximum Gasteiger partial charge on any atom is 0.341 e. The lowest BCUT2D eigenvalue weighted by molar-refractivity contribution is -0.384. The molecule has 3 heterocycles. The number of rotatable bonds is 8. The fourth-order valence-electron chi connectivity index (χ4n) is 4.42. The Hall–Kier alpha value is -4.04. The molecule has 12 nitrogen and oxygen atoms in total. The van der Waals surface area contributed by atoms with Crippen LogP contribution in [0, 0.1) is 10.1 Å². The molecule has 0 atom stereocenters. The smallest absolute Gasteiger partial charge is 0.341 e. The van der Waals surface area contributed by atoms with Gasteiger partial charge in [-0.25, -0.2) is 14.5 Å². The summed E-state index contributed by atoms with van der Waals surface area (Å²) >= 11 is 2.45. The number of esters is 1. The highest BCUT2D eigenvalue weighted by Crippen LogP contribution is 2.38. The molecule has 1 aliphatic carbocycles. The van der Waals surface area contributed by atoms with Crippen molar-refractivity contribution >= 4 is 56.7 Å². The number of non-ortho nitro benzene ring substituents is 1. The highest BCUT2D eigenvalue weighted by Gasteiger charge is 2.26. The van der Waals surface area contributed by atoms with Crippen LogP contribution >= 0.6 is 23.1 Å². The number of nitrogens with one attached hydrogen (secondary N) is 2. The van der Waals surface area contributed by atoms with Crippen LogP contribution < -0.4 is 10.9 Å². The molecule has 202 valence electrons. The molecule has 4 aromatic rings. The van der Waals surface area contributed by atoms with Crippen LogP contribution in [0.3, 0.4) is 0 Å². The Bertz CT molecular complexity index is 1620. The molecule has 1 aromatic carbocycles. The van der Waals surface area contributed by atoms with Gasteiger partial charge in [0.2, 0.25) is 5.91 Å². The van der Waals surface area contributed by atoms with Crippen molar-refractivity contribution in [3.63, 3.8) is 0 Å². The van der Waals surface area contributed by atoms with Crippen molar-refractivity contribution in [1.82, 2.24) is 19.7 Å². The second-order valence-electron chi connectivity index (χ2n) is 8.76. The molecule has 0 saturated carbocycles. The van der Waals surface area contributed by atoms with Crippen molar-refractivity contribution in [3.8, 4) is 5.69 Å². The van der Waals surface area contributed by atoms with Crippen LogP contribution in [0.4, 0.5) is 10.7 Å². The standard InChI is InChI=1S/C25H24N6O6S2/c1-2-37-24(34)20-16-6-4-3-5-7-18(16)39-23(20)27-19(32)13-38-25-28-21-17(22(33)29-25)12-26-30(21)14-8-10-15(11-9-14)31(35)36/h8-12H,2-7,13H2,1H3,(H,27,32)(H,28,29,33). The van der Waals surface area contributed by atoms with Gasteiger partial charge in [0.1, 0.15) is 10.4 Å². The van der Waals surface area contributed by atoms with E-state index in [0.29, 0.717) is 16.3 Å². The maximum atomic E-state index is 12.9. The minimum absolute atomic E-state index is 0.0645. The van der Waals surface area contributed by atoms with E-state index in [-0.39, 0.29) is 40.1 Å². The Morgan fingerprint density at radius 1 is 1.23 bits per heavy atom. The largest absolute Gasteiger partial charge is 0.462 e. The average Bonchev–Trinajstić information content (AvgIpc) is 3.41. The molecular weight excluding hydrogens is 544 g/mol. The molecule has 0 radical (unpaired) electrons. The summed E-state index contributed by atoms with van der Waals surface area (Å²) < 4.78 is 6.68. The van der Waals surface area contributed by atoms with E-state index in [9.17, 15) is 24.5 Å². The van der Waals surface area contributed by atoms with Gasteiger partial charge >= 0.3 is 5.97 Å². The molecule has 0 bridgehead atoms. The number of carbonyl (C=O) groups excluding carboxylic acids is 2. The van der Waals surface area contributed by atoms with Crippen LogP contribution in [0.15, 0.2) is 40.4 Å². The van der Waals surface area contributed by atoms with E-state index in [4.69, 9.17) is 4.74 Å². The Balaban J connectivity index is 1.35. The van der Waals surface area contributed by atoms with Gasteiger partial charge in [-0.15, -0.1) is 11.3 Å². The Kier molecular flexibility index (Phi) is 7.74. The molecule has 1 amide bonds. The van der Waals surface area contributed by atoms with Gasteiger partial charge in [0, 0.05) is 17.0 Å². The number of thioether (sulfide) groups is 1. The van der Waals surface area contributed by atoms with Gasteiger partial charge in [0.15, 0.2) is 10.8 Å². The number of H-pyrrole nitrogens is 1. The van der Waals surface area contributed by atoms with Crippen molar-refractivity contribution in [2.75, 3.05) is 17.7 Å². The normalized spacial score (nSPS) is 13.1. The summed E-state index contributed by atoms with van der Waals surface area (Å²) in [6.07, 6.45) is 6.12. The fraction of sp³-hybridized carbons (Fsp3) is 0.320. The number of amides is 1. The summed E-state index contributed by atoms with van der Waals surface area (Å²) in [5, 5.41) is 19.0. The number of nitrogens with zero attached hydrogens (tertiary/aromatic N) is 4. The Morgan fingerprint density at radius 2 is 2.00 bits per heavy atom. The number of fused-ring (bicyclic) bond motifs is 2. The molecule has 14 heteroatoms. The van der Waals surface area contributed by atoms with E-state index in [1.165, 1.54) is 46.5 Å². The number of nitro groups is 1. The molecular formula is C25H24N6O6S2. The van der Waals surface area contributed by atoms with E-state index >= 15 is 0 Å². The average molecular weight is 569 g/mol. The minimum Gasteiger partial charge on any atom is -0.462 e. The fourth-order valence-corrected chi connectivity index (χ4v) is 6.37. The van der Waals surface area contributed by atoms with Gasteiger partial charge in [-0.2, -0.15) is 5.10 Å². The van der Waals surface area contributed by atoms with E-state index in [1.54, 1.807) is 6.92 Å². The first-order valence-corrected chi connectivity index (χ1v) is 14.1. The number of hydrogen-bond acceptors (Lipinski definition) is 10. The molecule has 0 spiro atoms. The Labute approximate surface area is 229 Å². The Morgan fingerprint density at radius 3 is 2.74 bits per heavy atom. The van der Waals surface area contributed by atoms with Crippen LogP contribution in [0.1, 0.15) is 47.0 Å². The number of carbonyl (C=O) groups is 2. The van der Waals surface area contributed by atoms with Crippen molar-refractivity contribution in [3.05, 3.63) is 66.9 Å². The molecule has 0 saturated heterocycles. The summed E-state index contributed by atoms with van der Waals surface area (Å²) in [5.41, 5.74) is 1.65. The van der Waals surface area contributed by atoms with E-state index in [0.717, 1.165) is 54.3 Å². The number of aryl methyl sites for hydroxylation is 1. The van der Waals surface area contributed by atoms with Crippen molar-refractivity contribution in [2.45, 2.75) is 44.2 Å². The molecule has 0 aliphatic heterocycles. The van der Waals surface area contributed by atoms with Crippen LogP contribution in [0.25, 0.3) is 16.7 Å². The summed E-state index contributed by atoms with van der Waals surface area (Å²) in [5.74, 6) is -0.852. The molecule has 0 fully saturated rings. The second kappa shape index (κ2) is 11.4. The van der Waals surface area contributed by atoms with Crippen molar-refractivity contribution in [2.24, 2.45) is 0 Å². The minimum atomic E-state index is -0.504. The lowest BCUT2D eigenvalue weighted by Crippen LogP contribution is -2.17. The third kappa shape index (κ3) is 5.56. The number of nitro benzene ring substituents is 1. The predicted octanol–water partition coefficient (Wildman–Crippen LogP) is 4.25. The molecule has 3 aromatic heterocycles. The van der Waals surface area contributed by atoms with Crippen LogP contribution in [0.5, 0.6) is 0 Å².